The Kier molecular flexibility index (Phi) is 5.95. The zero-order valence-electron chi connectivity index (χ0n) is 9.00. The molecule has 0 aliphatic rings. The lowest BCUT2D eigenvalue weighted by atomic mass is 10.1. The molecule has 0 aromatic rings. The molecule has 0 heterocycles. The van der Waals surface area contributed by atoms with Crippen molar-refractivity contribution in [1.82, 2.24) is 0 Å². The molecule has 3 nitrogen and oxygen atoms in total. The highest BCUT2D eigenvalue weighted by Crippen LogP contribution is 2.15. The van der Waals surface area contributed by atoms with Crippen LogP contribution in [0.5, 0.6) is 0 Å². The fraction of sp³-hybridized carbons (Fsp3) is 0.800. The largest absolute Gasteiger partial charge is 0.347 e. The topological polar surface area (TPSA) is 27.7 Å². The van der Waals surface area contributed by atoms with Crippen molar-refractivity contribution >= 4 is 0 Å². The van der Waals surface area contributed by atoms with Crippen molar-refractivity contribution in [1.29, 1.82) is 0 Å². The van der Waals surface area contributed by atoms with Gasteiger partial charge in [0, 0.05) is 6.61 Å². The van der Waals surface area contributed by atoms with E-state index in [1.54, 1.807) is 6.08 Å². The van der Waals surface area contributed by atoms with Crippen molar-refractivity contribution in [3.05, 3.63) is 12.7 Å². The second kappa shape index (κ2) is 6.13. The van der Waals surface area contributed by atoms with Crippen LogP contribution in [0.25, 0.3) is 0 Å². The summed E-state index contributed by atoms with van der Waals surface area (Å²) >= 11 is 0. The molecule has 3 heteroatoms. The van der Waals surface area contributed by atoms with Gasteiger partial charge in [0.15, 0.2) is 0 Å². The predicted molar refractivity (Wildman–Crippen MR) is 52.2 cm³/mol. The number of rotatable bonds is 7. The van der Waals surface area contributed by atoms with Gasteiger partial charge in [-0.3, -0.25) is 0 Å². The maximum Gasteiger partial charge on any atom is 0.210 e. The third-order valence-corrected chi connectivity index (χ3v) is 1.74. The van der Waals surface area contributed by atoms with Gasteiger partial charge in [-0.2, -0.15) is 4.89 Å². The van der Waals surface area contributed by atoms with E-state index in [2.05, 4.69) is 6.58 Å². The van der Waals surface area contributed by atoms with Crippen LogP contribution in [0.15, 0.2) is 12.7 Å². The van der Waals surface area contributed by atoms with Gasteiger partial charge in [-0.1, -0.05) is 13.5 Å². The van der Waals surface area contributed by atoms with Crippen molar-refractivity contribution in [2.75, 3.05) is 6.61 Å². The minimum Gasteiger partial charge on any atom is -0.347 e. The summed E-state index contributed by atoms with van der Waals surface area (Å²) in [7, 11) is 0. The molecular formula is C10H20O3. The summed E-state index contributed by atoms with van der Waals surface area (Å²) in [5.41, 5.74) is -0.279. The van der Waals surface area contributed by atoms with E-state index in [-0.39, 0.29) is 5.60 Å². The Balaban J connectivity index is 3.77. The molecule has 0 saturated carbocycles. The van der Waals surface area contributed by atoms with Crippen LogP contribution in [0.3, 0.4) is 0 Å². The van der Waals surface area contributed by atoms with Crippen molar-refractivity contribution < 1.29 is 14.5 Å². The average Bonchev–Trinajstić information content (AvgIpc) is 2.12. The molecule has 0 aromatic heterocycles. The third kappa shape index (κ3) is 5.80. The van der Waals surface area contributed by atoms with Crippen LogP contribution >= 0.6 is 0 Å². The van der Waals surface area contributed by atoms with Crippen LogP contribution in [0.2, 0.25) is 0 Å². The number of hydrogen-bond acceptors (Lipinski definition) is 3. The summed E-state index contributed by atoms with van der Waals surface area (Å²) in [5.74, 6) is 0. The fourth-order valence-electron chi connectivity index (χ4n) is 0.536. The van der Waals surface area contributed by atoms with Crippen LogP contribution in [-0.2, 0) is 14.5 Å². The lowest BCUT2D eigenvalue weighted by Crippen LogP contribution is -2.27. The van der Waals surface area contributed by atoms with Gasteiger partial charge in [0.1, 0.15) is 0 Å². The van der Waals surface area contributed by atoms with E-state index in [0.29, 0.717) is 6.61 Å². The monoisotopic (exact) mass is 188 g/mol. The van der Waals surface area contributed by atoms with E-state index in [0.717, 1.165) is 6.42 Å². The fourth-order valence-corrected chi connectivity index (χ4v) is 0.536. The molecule has 0 aliphatic heterocycles. The van der Waals surface area contributed by atoms with Gasteiger partial charge in [-0.25, -0.2) is 4.89 Å². The van der Waals surface area contributed by atoms with Crippen molar-refractivity contribution in [3.63, 3.8) is 0 Å². The maximum absolute atomic E-state index is 5.19. The lowest BCUT2D eigenvalue weighted by molar-refractivity contribution is -0.407. The summed E-state index contributed by atoms with van der Waals surface area (Å²) in [6, 6.07) is 0. The first kappa shape index (κ1) is 12.6. The highest BCUT2D eigenvalue weighted by Gasteiger charge is 2.18. The van der Waals surface area contributed by atoms with Crippen LogP contribution in [0.1, 0.15) is 34.1 Å². The average molecular weight is 188 g/mol. The van der Waals surface area contributed by atoms with Gasteiger partial charge in [0.2, 0.25) is 6.29 Å². The molecule has 0 saturated heterocycles. The summed E-state index contributed by atoms with van der Waals surface area (Å²) in [5, 5.41) is 0. The first-order valence-electron chi connectivity index (χ1n) is 4.64. The molecule has 0 N–H and O–H groups in total. The molecule has 0 radical (unpaired) electrons. The molecule has 78 valence electrons. The minimum absolute atomic E-state index is 0.279. The molecule has 1 atom stereocenters. The van der Waals surface area contributed by atoms with E-state index in [1.807, 2.05) is 27.7 Å². The molecular weight excluding hydrogens is 168 g/mol. The smallest absolute Gasteiger partial charge is 0.210 e. The Morgan fingerprint density at radius 2 is 2.00 bits per heavy atom. The van der Waals surface area contributed by atoms with Crippen LogP contribution in [-0.4, -0.2) is 18.5 Å². The van der Waals surface area contributed by atoms with Crippen LogP contribution in [0.4, 0.5) is 0 Å². The van der Waals surface area contributed by atoms with Crippen molar-refractivity contribution in [2.45, 2.75) is 46.0 Å². The van der Waals surface area contributed by atoms with E-state index in [4.69, 9.17) is 14.5 Å². The Hall–Kier alpha value is -0.380. The number of hydrogen-bond donors (Lipinski definition) is 0. The van der Waals surface area contributed by atoms with Crippen LogP contribution in [0, 0.1) is 0 Å². The second-order valence-electron chi connectivity index (χ2n) is 3.35. The van der Waals surface area contributed by atoms with Gasteiger partial charge in [0.25, 0.3) is 0 Å². The first-order valence-corrected chi connectivity index (χ1v) is 4.64. The quantitative estimate of drug-likeness (QED) is 0.266. The minimum atomic E-state index is -0.476. The van der Waals surface area contributed by atoms with Crippen LogP contribution < -0.4 is 0 Å². The van der Waals surface area contributed by atoms with Gasteiger partial charge in [0.05, 0.1) is 5.60 Å². The standard InChI is InChI=1S/C10H20O3/c1-6-9(11-8-3)12-13-10(4,5)7-2/h6,9H,1,7-8H2,2-5H3. The zero-order valence-corrected chi connectivity index (χ0v) is 9.00. The second-order valence-corrected chi connectivity index (χ2v) is 3.35. The van der Waals surface area contributed by atoms with E-state index >= 15 is 0 Å². The van der Waals surface area contributed by atoms with Gasteiger partial charge >= 0.3 is 0 Å². The predicted octanol–water partition coefficient (Wildman–Crippen LogP) is 2.67. The molecule has 0 aliphatic carbocycles. The Bertz CT molecular complexity index is 143. The summed E-state index contributed by atoms with van der Waals surface area (Å²) in [6.07, 6.45) is 1.97. The molecule has 0 aromatic carbocycles. The van der Waals surface area contributed by atoms with Gasteiger partial charge in [-0.15, -0.1) is 0 Å². The van der Waals surface area contributed by atoms with Gasteiger partial charge < -0.3 is 4.74 Å². The normalized spacial score (nSPS) is 14.2. The van der Waals surface area contributed by atoms with Crippen molar-refractivity contribution in [3.8, 4) is 0 Å². The highest BCUT2D eigenvalue weighted by molar-refractivity contribution is 4.71. The Morgan fingerprint density at radius 3 is 2.38 bits per heavy atom. The summed E-state index contributed by atoms with van der Waals surface area (Å²) in [4.78, 5) is 10.2. The molecule has 0 amide bonds. The van der Waals surface area contributed by atoms with E-state index in [1.165, 1.54) is 0 Å². The van der Waals surface area contributed by atoms with E-state index in [9.17, 15) is 0 Å². The maximum atomic E-state index is 5.19. The first-order chi connectivity index (χ1) is 6.05. The Labute approximate surface area is 80.6 Å². The lowest BCUT2D eigenvalue weighted by Gasteiger charge is -2.23. The third-order valence-electron chi connectivity index (χ3n) is 1.74. The molecule has 0 bridgehead atoms. The Morgan fingerprint density at radius 1 is 1.38 bits per heavy atom. The summed E-state index contributed by atoms with van der Waals surface area (Å²) in [6.45, 7) is 12.0. The number of ether oxygens (including phenoxy) is 1. The highest BCUT2D eigenvalue weighted by atomic mass is 17.2. The van der Waals surface area contributed by atoms with E-state index < -0.39 is 6.29 Å². The molecule has 0 spiro atoms. The summed E-state index contributed by atoms with van der Waals surface area (Å²) < 4.78 is 5.17. The molecule has 1 unspecified atom stereocenters. The molecule has 13 heavy (non-hydrogen) atoms. The van der Waals surface area contributed by atoms with Gasteiger partial charge in [-0.05, 0) is 33.3 Å². The molecule has 0 fully saturated rings. The SMILES string of the molecule is C=CC(OCC)OOC(C)(C)CC. The van der Waals surface area contributed by atoms with Crippen molar-refractivity contribution in [2.24, 2.45) is 0 Å². The molecule has 0 rings (SSSR count). The zero-order chi connectivity index (χ0) is 10.3.